The maximum atomic E-state index is 10.2. The van der Waals surface area contributed by atoms with Gasteiger partial charge in [-0.2, -0.15) is 0 Å². The highest BCUT2D eigenvalue weighted by Gasteiger charge is 1.96. The molecule has 0 radical (unpaired) electrons. The predicted octanol–water partition coefficient (Wildman–Crippen LogP) is 4.59. The van der Waals surface area contributed by atoms with E-state index in [4.69, 9.17) is 14.2 Å². The van der Waals surface area contributed by atoms with Crippen LogP contribution in [0.25, 0.3) is 0 Å². The van der Waals surface area contributed by atoms with Crippen LogP contribution >= 0.6 is 0 Å². The average molecular weight is 444 g/mol. The zero-order valence-electron chi connectivity index (χ0n) is 18.7. The Balaban J connectivity index is 0. The van der Waals surface area contributed by atoms with Crippen LogP contribution in [0.5, 0.6) is 0 Å². The van der Waals surface area contributed by atoms with Gasteiger partial charge in [0.15, 0.2) is 0 Å². The maximum absolute atomic E-state index is 10.2. The fraction of sp³-hybridized carbons (Fsp3) is 1.00. The molecule has 4 N–H and O–H groups in total. The van der Waals surface area contributed by atoms with E-state index in [1.54, 1.807) is 0 Å². The Morgan fingerprint density at radius 1 is 0.552 bits per heavy atom. The zero-order chi connectivity index (χ0) is 20.8. The molecule has 0 saturated heterocycles. The molecule has 0 saturated carbocycles. The molecule has 178 valence electrons. The van der Waals surface area contributed by atoms with E-state index in [9.17, 15) is 13.0 Å². The lowest BCUT2D eigenvalue weighted by Crippen LogP contribution is -2.13. The molecule has 0 aromatic carbocycles. The van der Waals surface area contributed by atoms with E-state index in [1.807, 2.05) is 0 Å². The molecule has 0 spiro atoms. The van der Waals surface area contributed by atoms with Crippen LogP contribution < -0.4 is 6.15 Å². The van der Waals surface area contributed by atoms with Crippen molar-refractivity contribution < 1.29 is 31.4 Å². The van der Waals surface area contributed by atoms with Crippen LogP contribution in [0.3, 0.4) is 0 Å². The molecule has 0 aliphatic rings. The summed E-state index contributed by atoms with van der Waals surface area (Å²) < 4.78 is 50.4. The van der Waals surface area contributed by atoms with Crippen molar-refractivity contribution in [2.24, 2.45) is 0 Å². The van der Waals surface area contributed by atoms with E-state index in [-0.39, 0.29) is 19.4 Å². The Kier molecular flexibility index (Phi) is 25.6. The van der Waals surface area contributed by atoms with Crippen molar-refractivity contribution >= 4 is 10.4 Å². The molecule has 0 rings (SSSR count). The number of hydrogen-bond donors (Lipinski definition) is 1. The highest BCUT2D eigenvalue weighted by Crippen LogP contribution is 2.11. The third-order valence-electron chi connectivity index (χ3n) is 4.34. The van der Waals surface area contributed by atoms with Crippen molar-refractivity contribution in [1.29, 1.82) is 0 Å². The Morgan fingerprint density at radius 2 is 0.897 bits per heavy atom. The van der Waals surface area contributed by atoms with Gasteiger partial charge in [-0.3, -0.25) is 4.18 Å². The molecular weight excluding hydrogens is 398 g/mol. The molecule has 0 heterocycles. The molecule has 0 aliphatic carbocycles. The third-order valence-corrected chi connectivity index (χ3v) is 4.80. The Morgan fingerprint density at radius 3 is 1.31 bits per heavy atom. The Hall–Kier alpha value is -0.290. The maximum Gasteiger partial charge on any atom is 0.217 e. The van der Waals surface area contributed by atoms with Crippen LogP contribution in [-0.2, 0) is 28.8 Å². The van der Waals surface area contributed by atoms with Crippen LogP contribution in [0.1, 0.15) is 84.0 Å². The summed E-state index contributed by atoms with van der Waals surface area (Å²) in [4.78, 5) is 0. The predicted molar refractivity (Wildman–Crippen MR) is 115 cm³/mol. The molecule has 8 nitrogen and oxygen atoms in total. The standard InChI is InChI=1S/C20H42O7S.H3N/c1-2-3-4-5-6-7-8-9-10-11-12-13-14-24-15-16-25-17-18-26-19-20-27-28(21,22)23;/h2-20H2,1H3,(H,21,22,23);1H3. The summed E-state index contributed by atoms with van der Waals surface area (Å²) in [7, 11) is -4.63. The van der Waals surface area contributed by atoms with Crippen LogP contribution in [-0.4, -0.2) is 59.2 Å². The number of hydrogen-bond acceptors (Lipinski definition) is 7. The molecule has 0 aromatic heterocycles. The summed E-state index contributed by atoms with van der Waals surface area (Å²) in [5, 5.41) is 0. The van der Waals surface area contributed by atoms with E-state index in [1.165, 1.54) is 70.6 Å². The van der Waals surface area contributed by atoms with Crippen LogP contribution in [0.2, 0.25) is 0 Å². The van der Waals surface area contributed by atoms with E-state index >= 15 is 0 Å². The Bertz CT molecular complexity index is 408. The van der Waals surface area contributed by atoms with Gasteiger partial charge in [-0.15, -0.1) is 0 Å². The Labute approximate surface area is 178 Å². The summed E-state index contributed by atoms with van der Waals surface area (Å²) >= 11 is 0. The number of rotatable bonds is 23. The summed E-state index contributed by atoms with van der Waals surface area (Å²) in [6.07, 6.45) is 16.0. The molecule has 0 unspecified atom stereocenters. The molecular formula is C20H45NO7S. The summed E-state index contributed by atoms with van der Waals surface area (Å²) in [6, 6.07) is 0. The monoisotopic (exact) mass is 443 g/mol. The van der Waals surface area contributed by atoms with Gasteiger partial charge in [0.05, 0.1) is 39.6 Å². The first-order chi connectivity index (χ1) is 13.6. The molecule has 0 amide bonds. The lowest BCUT2D eigenvalue weighted by atomic mass is 10.1. The fourth-order valence-electron chi connectivity index (χ4n) is 2.78. The summed E-state index contributed by atoms with van der Waals surface area (Å²) in [5.74, 6) is 0. The SMILES string of the molecule is CCCCCCCCCCCCCCOCCOCCOCCOS(=O)(=O)[O-].[NH4+]. The molecule has 0 atom stereocenters. The smallest absolute Gasteiger partial charge is 0.217 e. The van der Waals surface area contributed by atoms with Gasteiger partial charge in [-0.1, -0.05) is 77.6 Å². The van der Waals surface area contributed by atoms with Gasteiger partial charge in [-0.05, 0) is 6.42 Å². The first kappa shape index (κ1) is 30.9. The minimum Gasteiger partial charge on any atom is -0.726 e. The van der Waals surface area contributed by atoms with E-state index in [0.29, 0.717) is 26.4 Å². The lowest BCUT2D eigenvalue weighted by molar-refractivity contribution is 0.00847. The van der Waals surface area contributed by atoms with Crippen molar-refractivity contribution in [2.45, 2.75) is 84.0 Å². The van der Waals surface area contributed by atoms with Crippen LogP contribution in [0, 0.1) is 0 Å². The number of ether oxygens (including phenoxy) is 3. The largest absolute Gasteiger partial charge is 0.726 e. The van der Waals surface area contributed by atoms with Crippen molar-refractivity contribution in [3.05, 3.63) is 0 Å². The molecule has 0 aliphatic heterocycles. The quantitative estimate of drug-likeness (QED) is 0.139. The van der Waals surface area contributed by atoms with Crippen molar-refractivity contribution in [2.75, 3.05) is 46.2 Å². The second-order valence-corrected chi connectivity index (χ2v) is 8.01. The summed E-state index contributed by atoms with van der Waals surface area (Å²) in [5.41, 5.74) is 0. The van der Waals surface area contributed by atoms with Gasteiger partial charge in [0.1, 0.15) is 0 Å². The molecule has 0 bridgehead atoms. The van der Waals surface area contributed by atoms with Crippen LogP contribution in [0.15, 0.2) is 0 Å². The second kappa shape index (κ2) is 24.0. The second-order valence-electron chi connectivity index (χ2n) is 6.96. The van der Waals surface area contributed by atoms with E-state index < -0.39 is 10.4 Å². The van der Waals surface area contributed by atoms with E-state index in [2.05, 4.69) is 11.1 Å². The highest BCUT2D eigenvalue weighted by molar-refractivity contribution is 7.80. The minimum atomic E-state index is -4.63. The number of quaternary nitrogens is 1. The lowest BCUT2D eigenvalue weighted by Gasteiger charge is -2.08. The third kappa shape index (κ3) is 30.0. The molecule has 9 heteroatoms. The molecule has 0 aromatic rings. The first-order valence-corrected chi connectivity index (χ1v) is 12.2. The summed E-state index contributed by atoms with van der Waals surface area (Å²) in [6.45, 7) is 4.59. The molecule has 29 heavy (non-hydrogen) atoms. The fourth-order valence-corrected chi connectivity index (χ4v) is 3.05. The normalized spacial score (nSPS) is 11.5. The van der Waals surface area contributed by atoms with Gasteiger partial charge in [0.25, 0.3) is 0 Å². The number of unbranched alkanes of at least 4 members (excludes halogenated alkanes) is 11. The van der Waals surface area contributed by atoms with Crippen molar-refractivity contribution in [1.82, 2.24) is 6.15 Å². The van der Waals surface area contributed by atoms with Gasteiger partial charge in [0, 0.05) is 6.61 Å². The topological polar surface area (TPSA) is 131 Å². The average Bonchev–Trinajstić information content (AvgIpc) is 2.65. The minimum absolute atomic E-state index is 0. The van der Waals surface area contributed by atoms with Gasteiger partial charge in [0.2, 0.25) is 10.4 Å². The highest BCUT2D eigenvalue weighted by atomic mass is 32.3. The van der Waals surface area contributed by atoms with Gasteiger partial charge < -0.3 is 24.9 Å². The zero-order valence-corrected chi connectivity index (χ0v) is 19.5. The van der Waals surface area contributed by atoms with Crippen LogP contribution in [0.4, 0.5) is 0 Å². The van der Waals surface area contributed by atoms with Gasteiger partial charge in [-0.25, -0.2) is 8.42 Å². The molecule has 0 fully saturated rings. The van der Waals surface area contributed by atoms with E-state index in [0.717, 1.165) is 13.0 Å². The van der Waals surface area contributed by atoms with Crippen molar-refractivity contribution in [3.8, 4) is 0 Å². The van der Waals surface area contributed by atoms with Gasteiger partial charge >= 0.3 is 0 Å². The first-order valence-electron chi connectivity index (χ1n) is 10.9. The van der Waals surface area contributed by atoms with Crippen molar-refractivity contribution in [3.63, 3.8) is 0 Å².